The van der Waals surface area contributed by atoms with Crippen molar-refractivity contribution in [2.75, 3.05) is 5.32 Å². The first-order valence-corrected chi connectivity index (χ1v) is 10.5. The van der Waals surface area contributed by atoms with Crippen LogP contribution in [-0.2, 0) is 4.79 Å². The van der Waals surface area contributed by atoms with E-state index in [-0.39, 0.29) is 11.5 Å². The van der Waals surface area contributed by atoms with Gasteiger partial charge in [-0.3, -0.25) is 19.7 Å². The van der Waals surface area contributed by atoms with Gasteiger partial charge < -0.3 is 10.3 Å². The molecular formula is C25H22N6O2. The van der Waals surface area contributed by atoms with Gasteiger partial charge in [0.15, 0.2) is 5.82 Å². The van der Waals surface area contributed by atoms with E-state index in [2.05, 4.69) is 30.5 Å². The van der Waals surface area contributed by atoms with Gasteiger partial charge in [0.1, 0.15) is 5.69 Å². The fourth-order valence-electron chi connectivity index (χ4n) is 3.57. The number of rotatable bonds is 3. The summed E-state index contributed by atoms with van der Waals surface area (Å²) in [5.74, 6) is 0.312. The third kappa shape index (κ3) is 3.87. The van der Waals surface area contributed by atoms with Crippen LogP contribution >= 0.6 is 0 Å². The molecule has 0 radical (unpaired) electrons. The van der Waals surface area contributed by atoms with E-state index in [9.17, 15) is 9.59 Å². The van der Waals surface area contributed by atoms with Crippen LogP contribution < -0.4 is 10.9 Å². The predicted molar refractivity (Wildman–Crippen MR) is 129 cm³/mol. The van der Waals surface area contributed by atoms with Gasteiger partial charge in [-0.05, 0) is 35.9 Å². The van der Waals surface area contributed by atoms with E-state index < -0.39 is 5.41 Å². The topological polar surface area (TPSA) is 116 Å². The Balaban J connectivity index is 1.57. The molecule has 0 aliphatic carbocycles. The lowest BCUT2D eigenvalue weighted by molar-refractivity contribution is -0.123. The summed E-state index contributed by atoms with van der Waals surface area (Å²) in [7, 11) is 0. The summed E-state index contributed by atoms with van der Waals surface area (Å²) in [6.45, 7) is 5.58. The number of nitrogens with one attached hydrogen (secondary N) is 3. The third-order valence-electron chi connectivity index (χ3n) is 5.42. The van der Waals surface area contributed by atoms with Gasteiger partial charge in [-0.15, -0.1) is 0 Å². The number of benzene rings is 2. The molecule has 8 nitrogen and oxygen atoms in total. The van der Waals surface area contributed by atoms with Crippen molar-refractivity contribution in [2.45, 2.75) is 20.8 Å². The molecule has 33 heavy (non-hydrogen) atoms. The first-order valence-electron chi connectivity index (χ1n) is 10.5. The zero-order valence-corrected chi connectivity index (χ0v) is 18.4. The van der Waals surface area contributed by atoms with E-state index in [1.165, 1.54) is 0 Å². The highest BCUT2D eigenvalue weighted by molar-refractivity contribution is 5.96. The first kappa shape index (κ1) is 20.6. The number of carbonyl (C=O) groups is 1. The molecule has 0 spiro atoms. The zero-order chi connectivity index (χ0) is 23.2. The molecule has 0 aliphatic rings. The van der Waals surface area contributed by atoms with Gasteiger partial charge in [0, 0.05) is 22.6 Å². The largest absolute Gasteiger partial charge is 0.338 e. The van der Waals surface area contributed by atoms with Gasteiger partial charge in [-0.25, -0.2) is 0 Å². The van der Waals surface area contributed by atoms with Crippen molar-refractivity contribution in [1.82, 2.24) is 25.1 Å². The minimum atomic E-state index is -0.510. The number of anilines is 1. The van der Waals surface area contributed by atoms with Gasteiger partial charge in [0.25, 0.3) is 5.56 Å². The number of hydrogen-bond donors (Lipinski definition) is 3. The highest BCUT2D eigenvalue weighted by Crippen LogP contribution is 2.30. The lowest BCUT2D eigenvalue weighted by atomic mass is 9.95. The molecule has 5 rings (SSSR count). The van der Waals surface area contributed by atoms with Crippen LogP contribution in [0.2, 0.25) is 0 Å². The summed E-state index contributed by atoms with van der Waals surface area (Å²) in [5, 5.41) is 11.7. The molecule has 0 atom stereocenters. The highest BCUT2D eigenvalue weighted by Gasteiger charge is 2.21. The third-order valence-corrected chi connectivity index (χ3v) is 5.42. The molecule has 8 heteroatoms. The van der Waals surface area contributed by atoms with Gasteiger partial charge in [-0.2, -0.15) is 10.1 Å². The van der Waals surface area contributed by atoms with E-state index in [1.807, 2.05) is 57.2 Å². The summed E-state index contributed by atoms with van der Waals surface area (Å²) < 4.78 is 0. The average molecular weight is 438 g/mol. The molecule has 3 aromatic heterocycles. The van der Waals surface area contributed by atoms with E-state index in [4.69, 9.17) is 0 Å². The Morgan fingerprint density at radius 2 is 1.76 bits per heavy atom. The normalized spacial score (nSPS) is 11.7. The van der Waals surface area contributed by atoms with Crippen molar-refractivity contribution in [3.8, 4) is 22.6 Å². The van der Waals surface area contributed by atoms with Crippen LogP contribution in [0.3, 0.4) is 0 Å². The second-order valence-electron chi connectivity index (χ2n) is 8.94. The molecule has 3 heterocycles. The van der Waals surface area contributed by atoms with Gasteiger partial charge >= 0.3 is 0 Å². The van der Waals surface area contributed by atoms with Crippen LogP contribution in [0.5, 0.6) is 0 Å². The fourth-order valence-corrected chi connectivity index (χ4v) is 3.57. The molecule has 0 bridgehead atoms. The molecule has 164 valence electrons. The fraction of sp³-hybridized carbons (Fsp3) is 0.160. The summed E-state index contributed by atoms with van der Waals surface area (Å²) in [6, 6.07) is 15.0. The van der Waals surface area contributed by atoms with Crippen LogP contribution in [0.1, 0.15) is 20.8 Å². The Hall–Kier alpha value is -4.33. The summed E-state index contributed by atoms with van der Waals surface area (Å²) >= 11 is 0. The number of aromatic amines is 2. The van der Waals surface area contributed by atoms with Crippen LogP contribution in [0.15, 0.2) is 65.7 Å². The number of pyridine rings is 1. The standard InChI is InChI=1S/C25H22N6O2/c1-25(2,3)24(33)27-16-10-15(12-26-13-16)14-8-9-20-18(11-14)21(31-30-20)22-28-19-7-5-4-6-17(19)23(32)29-22/h4-13H,1-3H3,(H,27,33)(H,30,31)(H,28,29,32). The molecule has 1 amide bonds. The van der Waals surface area contributed by atoms with Crippen molar-refractivity contribution < 1.29 is 4.79 Å². The van der Waals surface area contributed by atoms with Gasteiger partial charge in [0.2, 0.25) is 5.91 Å². The van der Waals surface area contributed by atoms with E-state index in [0.717, 1.165) is 22.0 Å². The smallest absolute Gasteiger partial charge is 0.281 e. The number of carbonyl (C=O) groups excluding carboxylic acids is 1. The Morgan fingerprint density at radius 1 is 0.939 bits per heavy atom. The Kier molecular flexibility index (Phi) is 4.78. The van der Waals surface area contributed by atoms with Crippen LogP contribution in [-0.4, -0.2) is 31.1 Å². The molecule has 2 aromatic carbocycles. The van der Waals surface area contributed by atoms with Gasteiger partial charge in [0.05, 0.1) is 28.3 Å². The average Bonchev–Trinajstić information content (AvgIpc) is 3.22. The second kappa shape index (κ2) is 7.67. The molecule has 0 saturated carbocycles. The zero-order valence-electron chi connectivity index (χ0n) is 18.4. The maximum Gasteiger partial charge on any atom is 0.281 e. The number of hydrogen-bond acceptors (Lipinski definition) is 5. The minimum absolute atomic E-state index is 0.0830. The Bertz CT molecular complexity index is 1580. The quantitative estimate of drug-likeness (QED) is 0.383. The molecular weight excluding hydrogens is 416 g/mol. The number of amides is 1. The lowest BCUT2D eigenvalue weighted by Gasteiger charge is -2.17. The van der Waals surface area contributed by atoms with Crippen molar-refractivity contribution in [3.05, 3.63) is 71.3 Å². The van der Waals surface area contributed by atoms with E-state index in [0.29, 0.717) is 28.1 Å². The SMILES string of the molecule is CC(C)(C)C(=O)Nc1cncc(-c2ccc3[nH]nc(-c4nc(=O)c5ccccc5[nH]4)c3c2)c1. The number of aromatic nitrogens is 5. The van der Waals surface area contributed by atoms with Crippen molar-refractivity contribution in [1.29, 1.82) is 0 Å². The van der Waals surface area contributed by atoms with Crippen LogP contribution in [0.25, 0.3) is 44.5 Å². The van der Waals surface area contributed by atoms with Crippen LogP contribution in [0, 0.1) is 5.41 Å². The van der Waals surface area contributed by atoms with E-state index >= 15 is 0 Å². The number of para-hydroxylation sites is 1. The number of nitrogens with zero attached hydrogens (tertiary/aromatic N) is 3. The number of H-pyrrole nitrogens is 2. The lowest BCUT2D eigenvalue weighted by Crippen LogP contribution is -2.27. The summed E-state index contributed by atoms with van der Waals surface area (Å²) in [5.41, 5.74) is 3.62. The maximum atomic E-state index is 12.5. The minimum Gasteiger partial charge on any atom is -0.338 e. The highest BCUT2D eigenvalue weighted by atomic mass is 16.2. The summed E-state index contributed by atoms with van der Waals surface area (Å²) in [6.07, 6.45) is 3.36. The Labute approximate surface area is 189 Å². The summed E-state index contributed by atoms with van der Waals surface area (Å²) in [4.78, 5) is 36.6. The molecule has 0 unspecified atom stereocenters. The Morgan fingerprint density at radius 3 is 2.58 bits per heavy atom. The first-order chi connectivity index (χ1) is 15.8. The maximum absolute atomic E-state index is 12.5. The van der Waals surface area contributed by atoms with Crippen LogP contribution in [0.4, 0.5) is 5.69 Å². The molecule has 0 saturated heterocycles. The second-order valence-corrected chi connectivity index (χ2v) is 8.94. The predicted octanol–water partition coefficient (Wildman–Crippen LogP) is 4.51. The van der Waals surface area contributed by atoms with Crippen molar-refractivity contribution >= 4 is 33.4 Å². The molecule has 0 fully saturated rings. The molecule has 5 aromatic rings. The van der Waals surface area contributed by atoms with E-state index in [1.54, 1.807) is 24.5 Å². The molecule has 3 N–H and O–H groups in total. The monoisotopic (exact) mass is 438 g/mol. The van der Waals surface area contributed by atoms with Gasteiger partial charge in [-0.1, -0.05) is 39.0 Å². The van der Waals surface area contributed by atoms with Crippen molar-refractivity contribution in [2.24, 2.45) is 5.41 Å². The van der Waals surface area contributed by atoms with Crippen molar-refractivity contribution in [3.63, 3.8) is 0 Å². The molecule has 0 aliphatic heterocycles. The number of fused-ring (bicyclic) bond motifs is 2.